The van der Waals surface area contributed by atoms with Gasteiger partial charge in [0, 0.05) is 25.8 Å². The van der Waals surface area contributed by atoms with Crippen molar-refractivity contribution in [1.29, 1.82) is 0 Å². The van der Waals surface area contributed by atoms with Gasteiger partial charge in [-0.05, 0) is 12.1 Å². The Bertz CT molecular complexity index is 605. The summed E-state index contributed by atoms with van der Waals surface area (Å²) < 4.78 is 2.03. The zero-order valence-electron chi connectivity index (χ0n) is 12.1. The van der Waals surface area contributed by atoms with Crippen molar-refractivity contribution in [3.8, 4) is 0 Å². The number of pyridine rings is 1. The number of primary amides is 1. The lowest BCUT2D eigenvalue weighted by molar-refractivity contribution is -0.116. The standard InChI is InChI=1S/C14H21N5O/c1-10(2)16-8-11-14(18(3)9-12(15)20)17-13-6-4-5-7-19(11)13/h4-7,10,16H,8-9H2,1-3H3,(H2,15,20). The van der Waals surface area contributed by atoms with Crippen molar-refractivity contribution < 1.29 is 4.79 Å². The Kier molecular flexibility index (Phi) is 4.24. The van der Waals surface area contributed by atoms with Crippen molar-refractivity contribution >= 4 is 17.4 Å². The summed E-state index contributed by atoms with van der Waals surface area (Å²) >= 11 is 0. The molecule has 0 saturated carbocycles. The van der Waals surface area contributed by atoms with Gasteiger partial charge in [-0.25, -0.2) is 4.98 Å². The molecular weight excluding hydrogens is 254 g/mol. The quantitative estimate of drug-likeness (QED) is 0.816. The Morgan fingerprint density at radius 2 is 2.25 bits per heavy atom. The molecule has 0 saturated heterocycles. The largest absolute Gasteiger partial charge is 0.368 e. The van der Waals surface area contributed by atoms with Gasteiger partial charge >= 0.3 is 0 Å². The van der Waals surface area contributed by atoms with Crippen molar-refractivity contribution in [2.75, 3.05) is 18.5 Å². The molecule has 0 spiro atoms. The van der Waals surface area contributed by atoms with E-state index in [9.17, 15) is 4.79 Å². The Balaban J connectivity index is 2.40. The number of carbonyl (C=O) groups is 1. The average molecular weight is 275 g/mol. The fraction of sp³-hybridized carbons (Fsp3) is 0.429. The SMILES string of the molecule is CC(C)NCc1c(N(C)CC(N)=O)nc2ccccn12. The maximum absolute atomic E-state index is 11.1. The number of hydrogen-bond acceptors (Lipinski definition) is 4. The second kappa shape index (κ2) is 5.92. The van der Waals surface area contributed by atoms with E-state index < -0.39 is 0 Å². The summed E-state index contributed by atoms with van der Waals surface area (Å²) in [6, 6.07) is 6.23. The summed E-state index contributed by atoms with van der Waals surface area (Å²) in [6.07, 6.45) is 1.97. The van der Waals surface area contributed by atoms with Crippen LogP contribution in [0.2, 0.25) is 0 Å². The first-order valence-electron chi connectivity index (χ1n) is 6.68. The average Bonchev–Trinajstić information content (AvgIpc) is 2.74. The van der Waals surface area contributed by atoms with Crippen LogP contribution in [0.25, 0.3) is 5.65 Å². The van der Waals surface area contributed by atoms with Gasteiger partial charge in [0.15, 0.2) is 5.82 Å². The number of hydrogen-bond donors (Lipinski definition) is 2. The Morgan fingerprint density at radius 1 is 1.50 bits per heavy atom. The van der Waals surface area contributed by atoms with Crippen molar-refractivity contribution in [3.05, 3.63) is 30.1 Å². The summed E-state index contributed by atoms with van der Waals surface area (Å²) in [5.41, 5.74) is 7.15. The van der Waals surface area contributed by atoms with Gasteiger partial charge in [0.05, 0.1) is 12.2 Å². The molecule has 2 aromatic rings. The Morgan fingerprint density at radius 3 is 2.90 bits per heavy atom. The Labute approximate surface area is 118 Å². The normalized spacial score (nSPS) is 11.2. The third kappa shape index (κ3) is 3.08. The minimum atomic E-state index is -0.368. The summed E-state index contributed by atoms with van der Waals surface area (Å²) in [6.45, 7) is 5.02. The maximum atomic E-state index is 11.1. The predicted octanol–water partition coefficient (Wildman–Crippen LogP) is 0.754. The van der Waals surface area contributed by atoms with Gasteiger partial charge in [-0.1, -0.05) is 19.9 Å². The molecule has 0 fully saturated rings. The lowest BCUT2D eigenvalue weighted by Gasteiger charge is -2.17. The highest BCUT2D eigenvalue weighted by Gasteiger charge is 2.16. The summed E-state index contributed by atoms with van der Waals surface area (Å²) in [5, 5.41) is 3.38. The van der Waals surface area contributed by atoms with E-state index in [-0.39, 0.29) is 12.5 Å². The van der Waals surface area contributed by atoms with E-state index in [1.165, 1.54) is 0 Å². The number of nitrogens with one attached hydrogen (secondary N) is 1. The molecule has 0 aliphatic rings. The van der Waals surface area contributed by atoms with E-state index in [0.717, 1.165) is 17.2 Å². The van der Waals surface area contributed by atoms with Gasteiger partial charge in [0.1, 0.15) is 5.65 Å². The van der Waals surface area contributed by atoms with Gasteiger partial charge < -0.3 is 20.4 Å². The van der Waals surface area contributed by atoms with Crippen LogP contribution in [0.4, 0.5) is 5.82 Å². The first kappa shape index (κ1) is 14.3. The minimum Gasteiger partial charge on any atom is -0.368 e. The number of carbonyl (C=O) groups excluding carboxylic acids is 1. The number of rotatable bonds is 6. The van der Waals surface area contributed by atoms with E-state index in [0.29, 0.717) is 12.6 Å². The molecule has 2 heterocycles. The van der Waals surface area contributed by atoms with Gasteiger partial charge in [-0.2, -0.15) is 0 Å². The number of anilines is 1. The third-order valence-corrected chi connectivity index (χ3v) is 3.04. The van der Waals surface area contributed by atoms with Crippen molar-refractivity contribution in [3.63, 3.8) is 0 Å². The van der Waals surface area contributed by atoms with Crippen LogP contribution in [0, 0.1) is 0 Å². The number of nitrogens with zero attached hydrogens (tertiary/aromatic N) is 3. The monoisotopic (exact) mass is 275 g/mol. The molecule has 0 radical (unpaired) electrons. The second-order valence-corrected chi connectivity index (χ2v) is 5.17. The van der Waals surface area contributed by atoms with Crippen molar-refractivity contribution in [1.82, 2.24) is 14.7 Å². The number of nitrogens with two attached hydrogens (primary N) is 1. The van der Waals surface area contributed by atoms with Crippen LogP contribution in [-0.4, -0.2) is 34.9 Å². The van der Waals surface area contributed by atoms with E-state index in [2.05, 4.69) is 24.1 Å². The number of likely N-dealkylation sites (N-methyl/N-ethyl adjacent to an activating group) is 1. The molecule has 3 N–H and O–H groups in total. The molecule has 2 rings (SSSR count). The second-order valence-electron chi connectivity index (χ2n) is 5.17. The highest BCUT2D eigenvalue weighted by atomic mass is 16.1. The summed E-state index contributed by atoms with van der Waals surface area (Å²) in [7, 11) is 1.82. The van der Waals surface area contributed by atoms with Crippen LogP contribution in [0.3, 0.4) is 0 Å². The van der Waals surface area contributed by atoms with E-state index >= 15 is 0 Å². The summed E-state index contributed by atoms with van der Waals surface area (Å²) in [5.74, 6) is 0.412. The van der Waals surface area contributed by atoms with Gasteiger partial charge in [0.25, 0.3) is 0 Å². The first-order chi connectivity index (χ1) is 9.49. The van der Waals surface area contributed by atoms with E-state index in [4.69, 9.17) is 5.73 Å². The molecule has 2 aromatic heterocycles. The van der Waals surface area contributed by atoms with Crippen molar-refractivity contribution in [2.24, 2.45) is 5.73 Å². The molecule has 1 amide bonds. The van der Waals surface area contributed by atoms with Gasteiger partial charge in [-0.15, -0.1) is 0 Å². The lowest BCUT2D eigenvalue weighted by Crippen LogP contribution is -2.32. The van der Waals surface area contributed by atoms with Crippen LogP contribution in [0.15, 0.2) is 24.4 Å². The molecule has 6 nitrogen and oxygen atoms in total. The minimum absolute atomic E-state index is 0.151. The smallest absolute Gasteiger partial charge is 0.236 e. The van der Waals surface area contributed by atoms with Crippen LogP contribution < -0.4 is 16.0 Å². The van der Waals surface area contributed by atoms with Crippen LogP contribution in [0.5, 0.6) is 0 Å². The molecule has 0 aliphatic heterocycles. The van der Waals surface area contributed by atoms with Crippen LogP contribution in [-0.2, 0) is 11.3 Å². The number of fused-ring (bicyclic) bond motifs is 1. The fourth-order valence-electron chi connectivity index (χ4n) is 2.11. The highest BCUT2D eigenvalue weighted by Crippen LogP contribution is 2.20. The van der Waals surface area contributed by atoms with Gasteiger partial charge in [-0.3, -0.25) is 4.79 Å². The predicted molar refractivity (Wildman–Crippen MR) is 79.6 cm³/mol. The van der Waals surface area contributed by atoms with Crippen molar-refractivity contribution in [2.45, 2.75) is 26.4 Å². The molecule has 20 heavy (non-hydrogen) atoms. The third-order valence-electron chi connectivity index (χ3n) is 3.04. The molecule has 0 aliphatic carbocycles. The first-order valence-corrected chi connectivity index (χ1v) is 6.68. The highest BCUT2D eigenvalue weighted by molar-refractivity contribution is 5.79. The van der Waals surface area contributed by atoms with Gasteiger partial charge in [0.2, 0.25) is 5.91 Å². The van der Waals surface area contributed by atoms with E-state index in [1.807, 2.05) is 35.8 Å². The lowest BCUT2D eigenvalue weighted by atomic mass is 10.3. The van der Waals surface area contributed by atoms with Crippen LogP contribution >= 0.6 is 0 Å². The fourth-order valence-corrected chi connectivity index (χ4v) is 2.11. The molecule has 0 unspecified atom stereocenters. The zero-order valence-corrected chi connectivity index (χ0v) is 12.1. The number of aromatic nitrogens is 2. The number of imidazole rings is 1. The molecule has 0 atom stereocenters. The topological polar surface area (TPSA) is 75.7 Å². The Hall–Kier alpha value is -2.08. The molecule has 0 bridgehead atoms. The molecule has 0 aromatic carbocycles. The maximum Gasteiger partial charge on any atom is 0.236 e. The molecular formula is C14H21N5O. The number of amides is 1. The summed E-state index contributed by atoms with van der Waals surface area (Å²) in [4.78, 5) is 17.5. The molecule has 6 heteroatoms. The van der Waals surface area contributed by atoms with E-state index in [1.54, 1.807) is 4.90 Å². The zero-order chi connectivity index (χ0) is 14.7. The van der Waals surface area contributed by atoms with Crippen LogP contribution in [0.1, 0.15) is 19.5 Å². The molecule has 108 valence electrons.